The maximum Gasteiger partial charge on any atom is 0.270 e. The lowest BCUT2D eigenvalue weighted by Gasteiger charge is -2.12. The Hall–Kier alpha value is -0.610. The van der Waals surface area contributed by atoms with Gasteiger partial charge in [-0.05, 0) is 31.9 Å². The predicted molar refractivity (Wildman–Crippen MR) is 69.2 cm³/mol. The Morgan fingerprint density at radius 1 is 1.62 bits per heavy atom. The van der Waals surface area contributed by atoms with E-state index < -0.39 is 0 Å². The number of rotatable bonds is 5. The molecule has 1 unspecified atom stereocenters. The number of pyridine rings is 1. The molecule has 1 heterocycles. The fourth-order valence-electron chi connectivity index (χ4n) is 1.26. The van der Waals surface area contributed by atoms with Gasteiger partial charge >= 0.3 is 0 Å². The van der Waals surface area contributed by atoms with Crippen LogP contribution in [0.5, 0.6) is 0 Å². The van der Waals surface area contributed by atoms with Crippen molar-refractivity contribution in [1.82, 2.24) is 10.3 Å². The summed E-state index contributed by atoms with van der Waals surface area (Å²) in [4.78, 5) is 15.7. The van der Waals surface area contributed by atoms with Gasteiger partial charge in [0.15, 0.2) is 0 Å². The van der Waals surface area contributed by atoms with Gasteiger partial charge < -0.3 is 5.32 Å². The fraction of sp³-hybridized carbons (Fsp3) is 0.455. The van der Waals surface area contributed by atoms with E-state index in [1.165, 1.54) is 6.20 Å². The number of aromatic nitrogens is 1. The first-order valence-corrected chi connectivity index (χ1v) is 6.62. The molecule has 0 spiro atoms. The zero-order chi connectivity index (χ0) is 12.0. The largest absolute Gasteiger partial charge is 0.348 e. The van der Waals surface area contributed by atoms with Crippen molar-refractivity contribution in [2.24, 2.45) is 0 Å². The van der Waals surface area contributed by atoms with E-state index in [4.69, 9.17) is 11.6 Å². The monoisotopic (exact) mass is 304 g/mol. The average Bonchev–Trinajstić information content (AvgIpc) is 2.27. The van der Waals surface area contributed by atoms with Gasteiger partial charge in [-0.25, -0.2) is 4.98 Å². The minimum absolute atomic E-state index is 0.154. The van der Waals surface area contributed by atoms with Crippen molar-refractivity contribution in [3.05, 3.63) is 29.0 Å². The lowest BCUT2D eigenvalue weighted by atomic mass is 10.2. The first-order chi connectivity index (χ1) is 7.63. The van der Waals surface area contributed by atoms with Crippen LogP contribution < -0.4 is 5.32 Å². The van der Waals surface area contributed by atoms with Crippen LogP contribution >= 0.6 is 27.5 Å². The fourth-order valence-corrected chi connectivity index (χ4v) is 1.70. The molecule has 5 heteroatoms. The molecule has 1 atom stereocenters. The van der Waals surface area contributed by atoms with Gasteiger partial charge in [-0.15, -0.1) is 0 Å². The molecular formula is C11H14BrClN2O. The molecule has 0 saturated heterocycles. The van der Waals surface area contributed by atoms with Gasteiger partial charge in [0.25, 0.3) is 5.91 Å². The standard InChI is InChI=1S/C11H14BrClN2O/c1-8(3-2-6-12)15-11(16)10-5-4-9(13)7-14-10/h4-5,7-8H,2-3,6H2,1H3,(H,15,16). The summed E-state index contributed by atoms with van der Waals surface area (Å²) in [6, 6.07) is 3.43. The summed E-state index contributed by atoms with van der Waals surface area (Å²) in [6.07, 6.45) is 3.46. The van der Waals surface area contributed by atoms with Gasteiger partial charge in [-0.3, -0.25) is 4.79 Å². The van der Waals surface area contributed by atoms with Gasteiger partial charge in [0.1, 0.15) is 5.69 Å². The second kappa shape index (κ2) is 6.86. The molecule has 1 aromatic heterocycles. The van der Waals surface area contributed by atoms with Crippen molar-refractivity contribution < 1.29 is 4.79 Å². The molecule has 1 aromatic rings. The van der Waals surface area contributed by atoms with E-state index in [9.17, 15) is 4.79 Å². The average molecular weight is 306 g/mol. The highest BCUT2D eigenvalue weighted by Gasteiger charge is 2.10. The maximum atomic E-state index is 11.7. The number of amides is 1. The molecule has 1 rings (SSSR count). The molecule has 88 valence electrons. The van der Waals surface area contributed by atoms with Crippen LogP contribution in [0.3, 0.4) is 0 Å². The Labute approximate surface area is 109 Å². The first-order valence-electron chi connectivity index (χ1n) is 5.12. The third kappa shape index (κ3) is 4.49. The number of hydrogen-bond acceptors (Lipinski definition) is 2. The highest BCUT2D eigenvalue weighted by atomic mass is 79.9. The minimum Gasteiger partial charge on any atom is -0.348 e. The van der Waals surface area contributed by atoms with Gasteiger partial charge in [0.05, 0.1) is 5.02 Å². The lowest BCUT2D eigenvalue weighted by molar-refractivity contribution is 0.0933. The van der Waals surface area contributed by atoms with Gasteiger partial charge in [0.2, 0.25) is 0 Å². The predicted octanol–water partition coefficient (Wildman–Crippen LogP) is 3.03. The third-order valence-corrected chi connectivity index (χ3v) is 2.89. The Bertz CT molecular complexity index is 342. The maximum absolute atomic E-state index is 11.7. The minimum atomic E-state index is -0.154. The van der Waals surface area contributed by atoms with E-state index in [0.29, 0.717) is 10.7 Å². The van der Waals surface area contributed by atoms with Crippen molar-refractivity contribution in [2.45, 2.75) is 25.8 Å². The van der Waals surface area contributed by atoms with Crippen LogP contribution in [-0.2, 0) is 0 Å². The molecule has 1 amide bonds. The molecule has 0 aliphatic heterocycles. The molecule has 0 aromatic carbocycles. The van der Waals surface area contributed by atoms with Crippen molar-refractivity contribution in [3.8, 4) is 0 Å². The molecule has 3 nitrogen and oxygen atoms in total. The number of carbonyl (C=O) groups excluding carboxylic acids is 1. The number of nitrogens with zero attached hydrogens (tertiary/aromatic N) is 1. The second-order valence-electron chi connectivity index (χ2n) is 3.57. The number of alkyl halides is 1. The van der Waals surface area contributed by atoms with Crippen molar-refractivity contribution in [2.75, 3.05) is 5.33 Å². The van der Waals surface area contributed by atoms with Gasteiger partial charge in [-0.2, -0.15) is 0 Å². The van der Waals surface area contributed by atoms with Crippen LogP contribution in [-0.4, -0.2) is 22.3 Å². The topological polar surface area (TPSA) is 42.0 Å². The van der Waals surface area contributed by atoms with Crippen LogP contribution in [0.2, 0.25) is 5.02 Å². The van der Waals surface area contributed by atoms with Crippen molar-refractivity contribution in [1.29, 1.82) is 0 Å². The zero-order valence-electron chi connectivity index (χ0n) is 9.04. The Morgan fingerprint density at radius 3 is 2.94 bits per heavy atom. The smallest absolute Gasteiger partial charge is 0.270 e. The van der Waals surface area contributed by atoms with Crippen LogP contribution in [0.4, 0.5) is 0 Å². The third-order valence-electron chi connectivity index (χ3n) is 2.11. The molecule has 0 bridgehead atoms. The molecule has 16 heavy (non-hydrogen) atoms. The lowest BCUT2D eigenvalue weighted by Crippen LogP contribution is -2.33. The summed E-state index contributed by atoms with van der Waals surface area (Å²) >= 11 is 9.05. The summed E-state index contributed by atoms with van der Waals surface area (Å²) in [5, 5.41) is 4.37. The SMILES string of the molecule is CC(CCCBr)NC(=O)c1ccc(Cl)cn1. The quantitative estimate of drug-likeness (QED) is 0.850. The molecule has 0 aliphatic carbocycles. The van der Waals surface area contributed by atoms with Crippen LogP contribution in [0.25, 0.3) is 0 Å². The van der Waals surface area contributed by atoms with Gasteiger partial charge in [-0.1, -0.05) is 27.5 Å². The van der Waals surface area contributed by atoms with E-state index in [0.717, 1.165) is 18.2 Å². The molecule has 0 fully saturated rings. The molecular weight excluding hydrogens is 291 g/mol. The van der Waals surface area contributed by atoms with E-state index in [2.05, 4.69) is 26.2 Å². The van der Waals surface area contributed by atoms with Crippen LogP contribution in [0.15, 0.2) is 18.3 Å². The number of nitrogens with one attached hydrogen (secondary N) is 1. The van der Waals surface area contributed by atoms with Crippen molar-refractivity contribution in [3.63, 3.8) is 0 Å². The summed E-state index contributed by atoms with van der Waals surface area (Å²) in [7, 11) is 0. The van der Waals surface area contributed by atoms with E-state index in [1.54, 1.807) is 12.1 Å². The molecule has 0 aliphatic rings. The highest BCUT2D eigenvalue weighted by molar-refractivity contribution is 9.09. The molecule has 0 radical (unpaired) electrons. The summed E-state index contributed by atoms with van der Waals surface area (Å²) in [5.41, 5.74) is 0.398. The first kappa shape index (κ1) is 13.5. The summed E-state index contributed by atoms with van der Waals surface area (Å²) in [5.74, 6) is -0.154. The van der Waals surface area contributed by atoms with Crippen LogP contribution in [0, 0.1) is 0 Å². The van der Waals surface area contributed by atoms with E-state index >= 15 is 0 Å². The summed E-state index contributed by atoms with van der Waals surface area (Å²) < 4.78 is 0. The van der Waals surface area contributed by atoms with E-state index in [1.807, 2.05) is 6.92 Å². The number of halogens is 2. The highest BCUT2D eigenvalue weighted by Crippen LogP contribution is 2.06. The number of carbonyl (C=O) groups is 1. The molecule has 1 N–H and O–H groups in total. The number of hydrogen-bond donors (Lipinski definition) is 1. The molecule has 0 saturated carbocycles. The Morgan fingerprint density at radius 2 is 2.38 bits per heavy atom. The zero-order valence-corrected chi connectivity index (χ0v) is 11.4. The van der Waals surface area contributed by atoms with Gasteiger partial charge in [0, 0.05) is 17.6 Å². The Balaban J connectivity index is 2.48. The second-order valence-corrected chi connectivity index (χ2v) is 4.80. The Kier molecular flexibility index (Phi) is 5.77. The normalized spacial score (nSPS) is 12.2. The van der Waals surface area contributed by atoms with E-state index in [-0.39, 0.29) is 11.9 Å². The van der Waals surface area contributed by atoms with Crippen LogP contribution in [0.1, 0.15) is 30.3 Å². The van der Waals surface area contributed by atoms with Crippen molar-refractivity contribution >= 4 is 33.4 Å². The summed E-state index contributed by atoms with van der Waals surface area (Å²) in [6.45, 7) is 1.98.